The fourth-order valence-corrected chi connectivity index (χ4v) is 6.80. The van der Waals surface area contributed by atoms with Crippen molar-refractivity contribution in [1.82, 2.24) is 14.8 Å². The molecule has 2 aliphatic heterocycles. The molecule has 3 heterocycles. The summed E-state index contributed by atoms with van der Waals surface area (Å²) in [6.45, 7) is 5.31. The molecular formula is C28H37ClN4O2. The van der Waals surface area contributed by atoms with Crippen molar-refractivity contribution < 1.29 is 9.53 Å². The van der Waals surface area contributed by atoms with E-state index < -0.39 is 0 Å². The Morgan fingerprint density at radius 3 is 2.49 bits per heavy atom. The fourth-order valence-electron chi connectivity index (χ4n) is 6.67. The van der Waals surface area contributed by atoms with Gasteiger partial charge in [-0.15, -0.1) is 0 Å². The minimum Gasteiger partial charge on any atom is -0.384 e. The third-order valence-electron chi connectivity index (χ3n) is 8.63. The molecule has 0 spiro atoms. The number of hydrogen-bond acceptors (Lipinski definition) is 5. The van der Waals surface area contributed by atoms with E-state index in [4.69, 9.17) is 22.1 Å². The van der Waals surface area contributed by atoms with Crippen LogP contribution in [0.25, 0.3) is 0 Å². The molecule has 5 rings (SSSR count). The number of benzene rings is 1. The first-order valence-electron chi connectivity index (χ1n) is 13.0. The van der Waals surface area contributed by atoms with Crippen LogP contribution in [0.5, 0.6) is 0 Å². The van der Waals surface area contributed by atoms with Crippen LogP contribution in [0.3, 0.4) is 0 Å². The van der Waals surface area contributed by atoms with E-state index in [0.29, 0.717) is 23.6 Å². The molecule has 188 valence electrons. The summed E-state index contributed by atoms with van der Waals surface area (Å²) in [5.74, 6) is 2.22. The molecule has 2 N–H and O–H groups in total. The van der Waals surface area contributed by atoms with Crippen LogP contribution < -0.4 is 5.73 Å². The molecule has 7 heteroatoms. The summed E-state index contributed by atoms with van der Waals surface area (Å²) in [6.07, 6.45) is 6.94. The van der Waals surface area contributed by atoms with E-state index in [1.165, 1.54) is 17.5 Å². The first kappa shape index (κ1) is 24.5. The average molecular weight is 497 g/mol. The summed E-state index contributed by atoms with van der Waals surface area (Å²) in [4.78, 5) is 22.0. The van der Waals surface area contributed by atoms with Crippen molar-refractivity contribution in [3.05, 3.63) is 58.7 Å². The number of amides is 1. The van der Waals surface area contributed by atoms with Crippen LogP contribution in [-0.2, 0) is 21.5 Å². The van der Waals surface area contributed by atoms with Crippen LogP contribution >= 0.6 is 11.6 Å². The second-order valence-corrected chi connectivity index (χ2v) is 11.1. The van der Waals surface area contributed by atoms with E-state index in [1.807, 2.05) is 24.3 Å². The van der Waals surface area contributed by atoms with Crippen molar-refractivity contribution in [2.24, 2.45) is 17.8 Å². The van der Waals surface area contributed by atoms with Gasteiger partial charge in [0, 0.05) is 55.9 Å². The normalized spacial score (nSPS) is 26.1. The maximum Gasteiger partial charge on any atom is 0.225 e. The summed E-state index contributed by atoms with van der Waals surface area (Å²) >= 11 is 6.17. The Bertz CT molecular complexity index is 1020. The summed E-state index contributed by atoms with van der Waals surface area (Å²) in [7, 11) is 1.80. The highest BCUT2D eigenvalue weighted by Gasteiger charge is 2.59. The number of likely N-dealkylation sites (tertiary alicyclic amines) is 2. The predicted octanol–water partition coefficient (Wildman–Crippen LogP) is 4.37. The number of rotatable bonds is 7. The maximum absolute atomic E-state index is 13.4. The summed E-state index contributed by atoms with van der Waals surface area (Å²) in [5.41, 5.74) is 8.57. The van der Waals surface area contributed by atoms with Crippen LogP contribution in [0.2, 0.25) is 5.02 Å². The highest BCUT2D eigenvalue weighted by Crippen LogP contribution is 2.61. The van der Waals surface area contributed by atoms with E-state index in [2.05, 4.69) is 26.9 Å². The molecule has 0 unspecified atom stereocenters. The van der Waals surface area contributed by atoms with Gasteiger partial charge in [-0.3, -0.25) is 9.69 Å². The zero-order chi connectivity index (χ0) is 24.4. The lowest BCUT2D eigenvalue weighted by atomic mass is 9.75. The van der Waals surface area contributed by atoms with Crippen molar-refractivity contribution >= 4 is 23.3 Å². The van der Waals surface area contributed by atoms with Gasteiger partial charge >= 0.3 is 0 Å². The molecule has 2 saturated heterocycles. The highest BCUT2D eigenvalue weighted by molar-refractivity contribution is 6.30. The summed E-state index contributed by atoms with van der Waals surface area (Å²) in [5, 5.41) is 0.782. The minimum absolute atomic E-state index is 0.151. The number of aromatic nitrogens is 1. The number of piperidine rings is 2. The Labute approximate surface area is 213 Å². The predicted molar refractivity (Wildman–Crippen MR) is 139 cm³/mol. The van der Waals surface area contributed by atoms with Gasteiger partial charge in [0.05, 0.1) is 0 Å². The molecule has 6 nitrogen and oxygen atoms in total. The molecular weight excluding hydrogens is 460 g/mol. The van der Waals surface area contributed by atoms with Crippen LogP contribution in [0.4, 0.5) is 5.82 Å². The molecule has 1 saturated carbocycles. The van der Waals surface area contributed by atoms with E-state index in [9.17, 15) is 4.79 Å². The number of ether oxygens (including phenoxy) is 1. The Balaban J connectivity index is 1.14. The third kappa shape index (κ3) is 5.20. The number of anilines is 1. The number of carbonyl (C=O) groups is 1. The number of pyridine rings is 1. The molecule has 1 amide bonds. The van der Waals surface area contributed by atoms with E-state index in [0.717, 1.165) is 70.0 Å². The van der Waals surface area contributed by atoms with Gasteiger partial charge in [-0.25, -0.2) is 4.98 Å². The second kappa shape index (κ2) is 10.5. The van der Waals surface area contributed by atoms with Crippen LogP contribution in [0, 0.1) is 17.8 Å². The first-order valence-corrected chi connectivity index (χ1v) is 13.3. The van der Waals surface area contributed by atoms with Crippen molar-refractivity contribution in [1.29, 1.82) is 0 Å². The summed E-state index contributed by atoms with van der Waals surface area (Å²) < 4.78 is 5.54. The number of nitrogens with two attached hydrogens (primary N) is 1. The molecule has 0 bridgehead atoms. The lowest BCUT2D eigenvalue weighted by molar-refractivity contribution is -0.138. The second-order valence-electron chi connectivity index (χ2n) is 10.6. The standard InChI is InChI=1S/C28H37ClN4O2/c1-35-19-24-17-28(24,22-2-4-25(29)5-3-22)23-9-14-33(15-10-23)27(34)21-7-12-32(13-8-21)18-20-6-11-31-26(30)16-20/h2-6,11,16,21,23-24H,7-10,12-15,17-19H2,1H3,(H2,30,31)/t24-,28+/m1/s1. The quantitative estimate of drug-likeness (QED) is 0.616. The number of nitrogen functional groups attached to an aromatic ring is 1. The van der Waals surface area contributed by atoms with E-state index in [1.54, 1.807) is 13.3 Å². The number of halogens is 1. The number of hydrogen-bond donors (Lipinski definition) is 1. The van der Waals surface area contributed by atoms with E-state index >= 15 is 0 Å². The van der Waals surface area contributed by atoms with Crippen molar-refractivity contribution in [2.45, 2.75) is 44.1 Å². The smallest absolute Gasteiger partial charge is 0.225 e. The monoisotopic (exact) mass is 496 g/mol. The van der Waals surface area contributed by atoms with Crippen molar-refractivity contribution in [3.8, 4) is 0 Å². The topological polar surface area (TPSA) is 71.7 Å². The zero-order valence-corrected chi connectivity index (χ0v) is 21.4. The Hall–Kier alpha value is -2.15. The molecule has 1 aromatic carbocycles. The van der Waals surface area contributed by atoms with Gasteiger partial charge in [0.15, 0.2) is 0 Å². The first-order chi connectivity index (χ1) is 17.0. The average Bonchev–Trinajstić information content (AvgIpc) is 3.60. The largest absolute Gasteiger partial charge is 0.384 e. The van der Waals surface area contributed by atoms with Crippen molar-refractivity contribution in [3.63, 3.8) is 0 Å². The number of methoxy groups -OCH3 is 1. The van der Waals surface area contributed by atoms with Crippen molar-refractivity contribution in [2.75, 3.05) is 45.6 Å². The lowest BCUT2D eigenvalue weighted by Gasteiger charge is -2.40. The van der Waals surface area contributed by atoms with Gasteiger partial charge in [-0.05, 0) is 92.4 Å². The molecule has 3 aliphatic rings. The third-order valence-corrected chi connectivity index (χ3v) is 8.88. The molecule has 1 aromatic heterocycles. The Morgan fingerprint density at radius 2 is 1.83 bits per heavy atom. The molecule has 1 aliphatic carbocycles. The van der Waals surface area contributed by atoms with Gasteiger partial charge in [0.25, 0.3) is 0 Å². The summed E-state index contributed by atoms with van der Waals surface area (Å²) in [6, 6.07) is 12.4. The number of carbonyl (C=O) groups excluding carboxylic acids is 1. The van der Waals surface area contributed by atoms with Crippen LogP contribution in [0.15, 0.2) is 42.6 Å². The number of nitrogens with zero attached hydrogens (tertiary/aromatic N) is 3. The van der Waals surface area contributed by atoms with Gasteiger partial charge in [-0.1, -0.05) is 23.7 Å². The van der Waals surface area contributed by atoms with Gasteiger partial charge in [-0.2, -0.15) is 0 Å². The maximum atomic E-state index is 13.4. The molecule has 35 heavy (non-hydrogen) atoms. The van der Waals surface area contributed by atoms with Crippen LogP contribution in [0.1, 0.15) is 43.2 Å². The molecule has 0 radical (unpaired) electrons. The molecule has 2 aromatic rings. The SMILES string of the molecule is COC[C@H]1C[C@]1(c1ccc(Cl)cc1)C1CCN(C(=O)C2CCN(Cc3ccnc(N)c3)CC2)CC1. The van der Waals surface area contributed by atoms with Gasteiger partial charge < -0.3 is 15.4 Å². The van der Waals surface area contributed by atoms with Gasteiger partial charge in [0.2, 0.25) is 5.91 Å². The van der Waals surface area contributed by atoms with Gasteiger partial charge in [0.1, 0.15) is 5.82 Å². The molecule has 3 fully saturated rings. The van der Waals surface area contributed by atoms with Crippen LogP contribution in [-0.4, -0.2) is 60.6 Å². The Morgan fingerprint density at radius 1 is 1.11 bits per heavy atom. The lowest BCUT2D eigenvalue weighted by Crippen LogP contribution is -2.46. The van der Waals surface area contributed by atoms with E-state index in [-0.39, 0.29) is 11.3 Å². The minimum atomic E-state index is 0.151. The highest BCUT2D eigenvalue weighted by atomic mass is 35.5. The zero-order valence-electron chi connectivity index (χ0n) is 20.7. The fraction of sp³-hybridized carbons (Fsp3) is 0.571. The molecule has 2 atom stereocenters. The Kier molecular flexibility index (Phi) is 7.33.